The summed E-state index contributed by atoms with van der Waals surface area (Å²) in [5, 5.41) is 6.63. The van der Waals surface area contributed by atoms with E-state index in [4.69, 9.17) is 42.1 Å². The van der Waals surface area contributed by atoms with Gasteiger partial charge in [0.1, 0.15) is 10.6 Å². The molecule has 2 heterocycles. The highest BCUT2D eigenvalue weighted by atomic mass is 79.9. The van der Waals surface area contributed by atoms with Crippen molar-refractivity contribution in [1.29, 1.82) is 0 Å². The number of nitrogens with zero attached hydrogens (tertiary/aromatic N) is 3. The van der Waals surface area contributed by atoms with E-state index in [1.165, 1.54) is 18.0 Å². The fraction of sp³-hybridized carbons (Fsp3) is 0.179. The van der Waals surface area contributed by atoms with Crippen molar-refractivity contribution >= 4 is 67.2 Å². The monoisotopic (exact) mass is 613 g/mol. The summed E-state index contributed by atoms with van der Waals surface area (Å²) in [6, 6.07) is 15.9. The van der Waals surface area contributed by atoms with Gasteiger partial charge in [-0.2, -0.15) is 9.78 Å². The topological polar surface area (TPSA) is 78.8 Å². The summed E-state index contributed by atoms with van der Waals surface area (Å²) >= 11 is 16.3. The molecule has 2 aromatic heterocycles. The van der Waals surface area contributed by atoms with E-state index in [-0.39, 0.29) is 17.5 Å². The third-order valence-corrected chi connectivity index (χ3v) is 7.71. The van der Waals surface area contributed by atoms with Crippen LogP contribution in [0.5, 0.6) is 11.5 Å². The molecule has 0 saturated carbocycles. The van der Waals surface area contributed by atoms with Crippen LogP contribution in [0.25, 0.3) is 33.5 Å². The second-order valence-electron chi connectivity index (χ2n) is 8.57. The van der Waals surface area contributed by atoms with E-state index < -0.39 is 0 Å². The Hall–Kier alpha value is -3.33. The van der Waals surface area contributed by atoms with Crippen LogP contribution in [0.4, 0.5) is 0 Å². The molecule has 38 heavy (non-hydrogen) atoms. The molecule has 0 unspecified atom stereocenters. The highest BCUT2D eigenvalue weighted by molar-refractivity contribution is 9.10. The van der Waals surface area contributed by atoms with Gasteiger partial charge in [0.25, 0.3) is 5.56 Å². The molecule has 10 heteroatoms. The number of benzene rings is 3. The Bertz CT molecular complexity index is 1760. The highest BCUT2D eigenvalue weighted by Gasteiger charge is 2.20. The van der Waals surface area contributed by atoms with Gasteiger partial charge in [0.15, 0.2) is 17.3 Å². The van der Waals surface area contributed by atoms with Gasteiger partial charge in [-0.05, 0) is 71.7 Å². The minimum atomic E-state index is -0.355. The van der Waals surface area contributed by atoms with Gasteiger partial charge in [-0.15, -0.1) is 0 Å². The maximum Gasteiger partial charge on any atom is 0.282 e. The second-order valence-corrected chi connectivity index (χ2v) is 10.2. The third kappa shape index (κ3) is 4.91. The predicted octanol–water partition coefficient (Wildman–Crippen LogP) is 7.95. The van der Waals surface area contributed by atoms with Gasteiger partial charge in [-0.3, -0.25) is 4.79 Å². The van der Waals surface area contributed by atoms with Crippen LogP contribution in [0.1, 0.15) is 25.8 Å². The molecule has 194 valence electrons. The summed E-state index contributed by atoms with van der Waals surface area (Å²) in [6.45, 7) is 3.97. The van der Waals surface area contributed by atoms with Crippen LogP contribution >= 0.6 is 39.1 Å². The first-order valence-electron chi connectivity index (χ1n) is 11.8. The van der Waals surface area contributed by atoms with Crippen LogP contribution < -0.4 is 15.0 Å². The highest BCUT2D eigenvalue weighted by Crippen LogP contribution is 2.42. The smallest absolute Gasteiger partial charge is 0.282 e. The van der Waals surface area contributed by atoms with Gasteiger partial charge in [0, 0.05) is 20.4 Å². The standard InChI is InChI=1S/C28H22BrCl2N3O4/c1-4-15(2)37-26-22(36-3)13-17(24(29)25(26)31)14-32-34-27(33-20-8-6-5-7-19(20)28(34)35)23-12-16-11-18(30)9-10-21(16)38-23/h5-15H,4H2,1-3H3/t15-/m0/s1. The number of fused-ring (bicyclic) bond motifs is 2. The largest absolute Gasteiger partial charge is 0.493 e. The second kappa shape index (κ2) is 10.8. The number of rotatable bonds is 7. The van der Waals surface area contributed by atoms with Crippen LogP contribution in [0.2, 0.25) is 10.0 Å². The average Bonchev–Trinajstić information content (AvgIpc) is 3.34. The SMILES string of the molecule is CC[C@H](C)Oc1c(OC)cc(C=Nn2c(-c3cc4cc(Cl)ccc4o3)nc3ccccc3c2=O)c(Br)c1Cl. The van der Waals surface area contributed by atoms with Crippen molar-refractivity contribution in [3.8, 4) is 23.1 Å². The minimum Gasteiger partial charge on any atom is -0.493 e. The Kier molecular flexibility index (Phi) is 7.47. The van der Waals surface area contributed by atoms with Gasteiger partial charge in [0.05, 0.1) is 30.3 Å². The molecule has 3 aromatic carbocycles. The molecular weight excluding hydrogens is 593 g/mol. The molecule has 5 aromatic rings. The van der Waals surface area contributed by atoms with Crippen LogP contribution in [0.15, 0.2) is 73.4 Å². The molecule has 5 rings (SSSR count). The van der Waals surface area contributed by atoms with Crippen molar-refractivity contribution in [2.24, 2.45) is 5.10 Å². The summed E-state index contributed by atoms with van der Waals surface area (Å²) in [5.41, 5.74) is 1.35. The molecule has 0 aliphatic rings. The van der Waals surface area contributed by atoms with E-state index in [1.807, 2.05) is 19.9 Å². The number of methoxy groups -OCH3 is 1. The van der Waals surface area contributed by atoms with Gasteiger partial charge < -0.3 is 13.9 Å². The van der Waals surface area contributed by atoms with Crippen LogP contribution in [0, 0.1) is 0 Å². The molecule has 0 spiro atoms. The molecular formula is C28H22BrCl2N3O4. The summed E-state index contributed by atoms with van der Waals surface area (Å²) < 4.78 is 19.3. The van der Waals surface area contributed by atoms with Crippen LogP contribution in [0.3, 0.4) is 0 Å². The van der Waals surface area contributed by atoms with E-state index >= 15 is 0 Å². The molecule has 0 bridgehead atoms. The number of aromatic nitrogens is 2. The number of hydrogen-bond acceptors (Lipinski definition) is 6. The Morgan fingerprint density at radius 3 is 2.74 bits per heavy atom. The Labute approximate surface area is 236 Å². The number of hydrogen-bond donors (Lipinski definition) is 0. The maximum absolute atomic E-state index is 13.6. The third-order valence-electron chi connectivity index (χ3n) is 6.03. The molecule has 0 amide bonds. The molecule has 0 fully saturated rings. The van der Waals surface area contributed by atoms with Crippen molar-refractivity contribution in [2.75, 3.05) is 7.11 Å². The first kappa shape index (κ1) is 26.3. The summed E-state index contributed by atoms with van der Waals surface area (Å²) in [6.07, 6.45) is 2.25. The average molecular weight is 615 g/mol. The predicted molar refractivity (Wildman–Crippen MR) is 155 cm³/mol. The number of ether oxygens (including phenoxy) is 2. The van der Waals surface area contributed by atoms with E-state index in [2.05, 4.69) is 21.0 Å². The fourth-order valence-corrected chi connectivity index (χ4v) is 4.70. The van der Waals surface area contributed by atoms with Crippen molar-refractivity contribution in [1.82, 2.24) is 9.66 Å². The molecule has 0 saturated heterocycles. The summed E-state index contributed by atoms with van der Waals surface area (Å²) in [7, 11) is 1.54. The van der Waals surface area contributed by atoms with E-state index in [1.54, 1.807) is 48.5 Å². The molecule has 0 N–H and O–H groups in total. The first-order valence-corrected chi connectivity index (χ1v) is 13.3. The lowest BCUT2D eigenvalue weighted by Crippen LogP contribution is -2.20. The van der Waals surface area contributed by atoms with Crippen molar-refractivity contribution in [3.63, 3.8) is 0 Å². The van der Waals surface area contributed by atoms with E-state index in [9.17, 15) is 4.79 Å². The Morgan fingerprint density at radius 2 is 1.97 bits per heavy atom. The molecule has 0 aliphatic carbocycles. The quantitative estimate of drug-likeness (QED) is 0.174. The minimum absolute atomic E-state index is 0.0590. The van der Waals surface area contributed by atoms with Crippen molar-refractivity contribution < 1.29 is 13.9 Å². The Morgan fingerprint density at radius 1 is 1.18 bits per heavy atom. The first-order chi connectivity index (χ1) is 18.3. The maximum atomic E-state index is 13.6. The van der Waals surface area contributed by atoms with E-state index in [0.717, 1.165) is 11.8 Å². The lowest BCUT2D eigenvalue weighted by molar-refractivity contribution is 0.207. The van der Waals surface area contributed by atoms with Gasteiger partial charge in [0.2, 0.25) is 5.82 Å². The Balaban J connectivity index is 1.67. The zero-order valence-electron chi connectivity index (χ0n) is 20.7. The lowest BCUT2D eigenvalue weighted by atomic mass is 10.2. The lowest BCUT2D eigenvalue weighted by Gasteiger charge is -2.18. The van der Waals surface area contributed by atoms with Crippen molar-refractivity contribution in [3.05, 3.63) is 85.0 Å². The molecule has 7 nitrogen and oxygen atoms in total. The van der Waals surface area contributed by atoms with Crippen LogP contribution in [-0.2, 0) is 0 Å². The zero-order chi connectivity index (χ0) is 27.0. The summed E-state index contributed by atoms with van der Waals surface area (Å²) in [4.78, 5) is 18.3. The zero-order valence-corrected chi connectivity index (χ0v) is 23.8. The normalized spacial score (nSPS) is 12.5. The number of halogens is 3. The summed E-state index contributed by atoms with van der Waals surface area (Å²) in [5.74, 6) is 1.48. The van der Waals surface area contributed by atoms with Gasteiger partial charge in [-0.1, -0.05) is 42.3 Å². The van der Waals surface area contributed by atoms with E-state index in [0.29, 0.717) is 53.8 Å². The molecule has 0 aliphatic heterocycles. The van der Waals surface area contributed by atoms with Gasteiger partial charge in [-0.25, -0.2) is 4.98 Å². The van der Waals surface area contributed by atoms with Crippen LogP contribution in [-0.4, -0.2) is 29.1 Å². The fourth-order valence-electron chi connectivity index (χ4n) is 3.88. The number of furan rings is 1. The van der Waals surface area contributed by atoms with Crippen molar-refractivity contribution in [2.45, 2.75) is 26.4 Å². The van der Waals surface area contributed by atoms with Gasteiger partial charge >= 0.3 is 0 Å². The molecule has 0 radical (unpaired) electrons. The number of para-hydroxylation sites is 1. The molecule has 1 atom stereocenters.